The van der Waals surface area contributed by atoms with Gasteiger partial charge in [-0.05, 0) is 55.5 Å². The van der Waals surface area contributed by atoms with Gasteiger partial charge in [0.2, 0.25) is 0 Å². The molecule has 0 bridgehead atoms. The summed E-state index contributed by atoms with van der Waals surface area (Å²) in [6.45, 7) is 2.52. The van der Waals surface area contributed by atoms with Crippen LogP contribution in [0.15, 0.2) is 60.9 Å². The van der Waals surface area contributed by atoms with Crippen LogP contribution in [0.4, 0.5) is 11.5 Å². The van der Waals surface area contributed by atoms with E-state index in [2.05, 4.69) is 15.3 Å². The van der Waals surface area contributed by atoms with Gasteiger partial charge in [0.15, 0.2) is 5.82 Å². The van der Waals surface area contributed by atoms with Crippen LogP contribution in [0.5, 0.6) is 5.75 Å². The van der Waals surface area contributed by atoms with Gasteiger partial charge in [0.1, 0.15) is 11.6 Å². The van der Waals surface area contributed by atoms with Gasteiger partial charge in [0, 0.05) is 39.1 Å². The van der Waals surface area contributed by atoms with E-state index in [1.54, 1.807) is 30.6 Å². The Morgan fingerprint density at radius 1 is 1.00 bits per heavy atom. The molecule has 2 aromatic heterocycles. The molecule has 0 aliphatic rings. The predicted molar refractivity (Wildman–Crippen MR) is 114 cm³/mol. The molecule has 4 rings (SSSR count). The fourth-order valence-corrected chi connectivity index (χ4v) is 3.37. The minimum Gasteiger partial charge on any atom is -0.494 e. The van der Waals surface area contributed by atoms with E-state index in [0.717, 1.165) is 27.9 Å². The fraction of sp³-hybridized carbons (Fsp3) is 0.0952. The number of anilines is 2. The van der Waals surface area contributed by atoms with E-state index in [0.29, 0.717) is 28.3 Å². The number of nitrogens with one attached hydrogen (secondary N) is 1. The summed E-state index contributed by atoms with van der Waals surface area (Å²) in [4.78, 5) is 13.6. The topological polar surface area (TPSA) is 59.9 Å². The Labute approximate surface area is 172 Å². The van der Waals surface area contributed by atoms with E-state index in [-0.39, 0.29) is 0 Å². The number of nitrogens with zero attached hydrogens (tertiary/aromatic N) is 3. The van der Waals surface area contributed by atoms with Crippen LogP contribution >= 0.6 is 23.2 Å². The zero-order valence-corrected chi connectivity index (χ0v) is 16.5. The number of rotatable bonds is 5. The van der Waals surface area contributed by atoms with Crippen molar-refractivity contribution < 1.29 is 4.74 Å². The second-order valence-electron chi connectivity index (χ2n) is 6.03. The van der Waals surface area contributed by atoms with E-state index >= 15 is 0 Å². The highest BCUT2D eigenvalue weighted by atomic mass is 35.5. The highest BCUT2D eigenvalue weighted by Gasteiger charge is 2.12. The van der Waals surface area contributed by atoms with Crippen molar-refractivity contribution in [2.24, 2.45) is 0 Å². The molecule has 0 fully saturated rings. The molecule has 7 heteroatoms. The minimum atomic E-state index is 0.538. The minimum absolute atomic E-state index is 0.538. The molecule has 0 aliphatic heterocycles. The number of fused-ring (bicyclic) bond motifs is 1. The lowest BCUT2D eigenvalue weighted by atomic mass is 10.2. The monoisotopic (exact) mass is 410 g/mol. The SMILES string of the molecule is CCOc1ccc2nc(-c3cccnc3)nc(Nc3cc(Cl)cc(Cl)c3)c2c1. The lowest BCUT2D eigenvalue weighted by molar-refractivity contribution is 0.340. The van der Waals surface area contributed by atoms with Gasteiger partial charge in [0.05, 0.1) is 12.1 Å². The fourth-order valence-electron chi connectivity index (χ4n) is 2.85. The number of hydrogen-bond acceptors (Lipinski definition) is 5. The summed E-state index contributed by atoms with van der Waals surface area (Å²) >= 11 is 12.3. The summed E-state index contributed by atoms with van der Waals surface area (Å²) in [6, 6.07) is 14.8. The quantitative estimate of drug-likeness (QED) is 0.427. The van der Waals surface area contributed by atoms with Crippen molar-refractivity contribution in [3.8, 4) is 17.1 Å². The number of halogens is 2. The highest BCUT2D eigenvalue weighted by molar-refractivity contribution is 6.35. The molecule has 4 aromatic rings. The first-order valence-corrected chi connectivity index (χ1v) is 9.46. The molecule has 5 nitrogen and oxygen atoms in total. The second kappa shape index (κ2) is 8.00. The van der Waals surface area contributed by atoms with Crippen LogP contribution in [0.25, 0.3) is 22.3 Å². The third kappa shape index (κ3) is 4.01. The van der Waals surface area contributed by atoms with Crippen LogP contribution in [-0.4, -0.2) is 21.6 Å². The van der Waals surface area contributed by atoms with E-state index in [4.69, 9.17) is 32.9 Å². The van der Waals surface area contributed by atoms with Crippen LogP contribution in [0.3, 0.4) is 0 Å². The zero-order valence-electron chi connectivity index (χ0n) is 15.0. The van der Waals surface area contributed by atoms with Gasteiger partial charge in [-0.15, -0.1) is 0 Å². The lowest BCUT2D eigenvalue weighted by Crippen LogP contribution is -2.00. The molecule has 0 spiro atoms. The van der Waals surface area contributed by atoms with Crippen molar-refractivity contribution in [2.75, 3.05) is 11.9 Å². The standard InChI is InChI=1S/C21H16Cl2N4O/c1-2-28-17-5-6-19-18(11-17)21(25-16-9-14(22)8-15(23)10-16)27-20(26-19)13-4-3-7-24-12-13/h3-12H,2H2,1H3,(H,25,26,27). The smallest absolute Gasteiger partial charge is 0.163 e. The first-order valence-electron chi connectivity index (χ1n) is 8.70. The molecule has 0 unspecified atom stereocenters. The van der Waals surface area contributed by atoms with Crippen LogP contribution in [0, 0.1) is 0 Å². The first-order chi connectivity index (χ1) is 13.6. The largest absolute Gasteiger partial charge is 0.494 e. The van der Waals surface area contributed by atoms with Gasteiger partial charge in [-0.3, -0.25) is 4.98 Å². The van der Waals surface area contributed by atoms with E-state index in [1.807, 2.05) is 37.3 Å². The van der Waals surface area contributed by atoms with Crippen molar-refractivity contribution in [1.82, 2.24) is 15.0 Å². The Kier molecular flexibility index (Phi) is 5.28. The van der Waals surface area contributed by atoms with Crippen LogP contribution < -0.4 is 10.1 Å². The Balaban J connectivity index is 1.87. The normalized spacial score (nSPS) is 10.8. The van der Waals surface area contributed by atoms with Crippen LogP contribution in [-0.2, 0) is 0 Å². The molecule has 0 radical (unpaired) electrons. The Bertz CT molecular complexity index is 1120. The predicted octanol–water partition coefficient (Wildman–Crippen LogP) is 6.14. The molecule has 140 valence electrons. The summed E-state index contributed by atoms with van der Waals surface area (Å²) in [7, 11) is 0. The highest BCUT2D eigenvalue weighted by Crippen LogP contribution is 2.31. The molecule has 0 atom stereocenters. The maximum Gasteiger partial charge on any atom is 0.163 e. The molecule has 1 N–H and O–H groups in total. The third-order valence-electron chi connectivity index (χ3n) is 4.02. The Hall–Kier alpha value is -2.89. The van der Waals surface area contributed by atoms with Crippen molar-refractivity contribution in [2.45, 2.75) is 6.92 Å². The molecule has 28 heavy (non-hydrogen) atoms. The first kappa shape index (κ1) is 18.5. The van der Waals surface area contributed by atoms with Gasteiger partial charge in [-0.1, -0.05) is 23.2 Å². The zero-order chi connectivity index (χ0) is 19.5. The molecule has 2 aromatic carbocycles. The molecule has 0 amide bonds. The number of ether oxygens (including phenoxy) is 1. The van der Waals surface area contributed by atoms with Crippen LogP contribution in [0.1, 0.15) is 6.92 Å². The van der Waals surface area contributed by atoms with Gasteiger partial charge in [0.25, 0.3) is 0 Å². The van der Waals surface area contributed by atoms with Crippen molar-refractivity contribution in [1.29, 1.82) is 0 Å². The average molecular weight is 411 g/mol. The maximum absolute atomic E-state index is 6.14. The van der Waals surface area contributed by atoms with Gasteiger partial charge in [-0.25, -0.2) is 9.97 Å². The Morgan fingerprint density at radius 3 is 2.54 bits per heavy atom. The average Bonchev–Trinajstić information content (AvgIpc) is 2.68. The summed E-state index contributed by atoms with van der Waals surface area (Å²) in [5.41, 5.74) is 2.34. The van der Waals surface area contributed by atoms with Gasteiger partial charge < -0.3 is 10.1 Å². The number of aromatic nitrogens is 3. The second-order valence-corrected chi connectivity index (χ2v) is 6.91. The van der Waals surface area contributed by atoms with Crippen molar-refractivity contribution in [3.63, 3.8) is 0 Å². The third-order valence-corrected chi connectivity index (χ3v) is 4.46. The summed E-state index contributed by atoms with van der Waals surface area (Å²) in [5, 5.41) is 5.22. The van der Waals surface area contributed by atoms with Crippen molar-refractivity contribution >= 4 is 45.6 Å². The number of pyridine rings is 1. The molecule has 0 saturated carbocycles. The summed E-state index contributed by atoms with van der Waals surface area (Å²) in [5.74, 6) is 1.95. The lowest BCUT2D eigenvalue weighted by Gasteiger charge is -2.13. The van der Waals surface area contributed by atoms with E-state index in [1.165, 1.54) is 0 Å². The molecule has 0 saturated heterocycles. The molecular weight excluding hydrogens is 395 g/mol. The number of benzene rings is 2. The Morgan fingerprint density at radius 2 is 1.82 bits per heavy atom. The maximum atomic E-state index is 6.14. The number of hydrogen-bond donors (Lipinski definition) is 1. The molecular formula is C21H16Cl2N4O. The van der Waals surface area contributed by atoms with Gasteiger partial charge in [-0.2, -0.15) is 0 Å². The summed E-state index contributed by atoms with van der Waals surface area (Å²) < 4.78 is 5.64. The van der Waals surface area contributed by atoms with Gasteiger partial charge >= 0.3 is 0 Å². The molecule has 2 heterocycles. The van der Waals surface area contributed by atoms with Crippen molar-refractivity contribution in [3.05, 3.63) is 71.0 Å². The van der Waals surface area contributed by atoms with E-state index in [9.17, 15) is 0 Å². The van der Waals surface area contributed by atoms with Crippen LogP contribution in [0.2, 0.25) is 10.0 Å². The van der Waals surface area contributed by atoms with E-state index < -0.39 is 0 Å². The summed E-state index contributed by atoms with van der Waals surface area (Å²) in [6.07, 6.45) is 3.45. The molecule has 0 aliphatic carbocycles.